The molecule has 0 saturated heterocycles. The Morgan fingerprint density at radius 3 is 2.71 bits per heavy atom. The van der Waals surface area contributed by atoms with Gasteiger partial charge < -0.3 is 10.5 Å². The third-order valence-corrected chi connectivity index (χ3v) is 4.03. The zero-order valence-electron chi connectivity index (χ0n) is 12.1. The Bertz CT molecular complexity index is 613. The summed E-state index contributed by atoms with van der Waals surface area (Å²) in [6, 6.07) is 5.34. The van der Waals surface area contributed by atoms with Crippen molar-refractivity contribution in [1.29, 1.82) is 0 Å². The van der Waals surface area contributed by atoms with Crippen molar-refractivity contribution in [3.05, 3.63) is 45.7 Å². The normalized spacial score (nSPS) is 12.4. The smallest absolute Gasteiger partial charge is 0.161 e. The van der Waals surface area contributed by atoms with Crippen LogP contribution in [0.2, 0.25) is 10.0 Å². The SMILES string of the molecule is CCCn1ncc(OC)c1C(N)Cc1ccc(Cl)c(Cl)c1. The first kappa shape index (κ1) is 16.1. The molecule has 1 atom stereocenters. The number of hydrogen-bond acceptors (Lipinski definition) is 3. The highest BCUT2D eigenvalue weighted by atomic mass is 35.5. The van der Waals surface area contributed by atoms with Gasteiger partial charge in [-0.25, -0.2) is 0 Å². The maximum Gasteiger partial charge on any atom is 0.161 e. The molecule has 1 unspecified atom stereocenters. The first-order valence-electron chi connectivity index (χ1n) is 6.86. The van der Waals surface area contributed by atoms with Gasteiger partial charge in [-0.1, -0.05) is 36.2 Å². The fraction of sp³-hybridized carbons (Fsp3) is 0.400. The number of methoxy groups -OCH3 is 1. The molecule has 4 nitrogen and oxygen atoms in total. The number of nitrogens with zero attached hydrogens (tertiary/aromatic N) is 2. The Labute approximate surface area is 134 Å². The maximum absolute atomic E-state index is 6.35. The quantitative estimate of drug-likeness (QED) is 0.876. The summed E-state index contributed by atoms with van der Waals surface area (Å²) in [4.78, 5) is 0. The Balaban J connectivity index is 2.24. The summed E-state index contributed by atoms with van der Waals surface area (Å²) in [5.74, 6) is 0.719. The molecule has 2 aromatic rings. The third-order valence-electron chi connectivity index (χ3n) is 3.29. The summed E-state index contributed by atoms with van der Waals surface area (Å²) in [6.45, 7) is 2.91. The van der Waals surface area contributed by atoms with E-state index >= 15 is 0 Å². The molecular weight excluding hydrogens is 309 g/mol. The van der Waals surface area contributed by atoms with Crippen molar-refractivity contribution >= 4 is 23.2 Å². The van der Waals surface area contributed by atoms with E-state index in [0.29, 0.717) is 16.5 Å². The van der Waals surface area contributed by atoms with Crippen LogP contribution >= 0.6 is 23.2 Å². The predicted octanol–water partition coefficient (Wildman–Crippen LogP) is 3.85. The molecule has 114 valence electrons. The molecule has 2 rings (SSSR count). The average molecular weight is 328 g/mol. The van der Waals surface area contributed by atoms with Gasteiger partial charge in [-0.05, 0) is 30.5 Å². The highest BCUT2D eigenvalue weighted by molar-refractivity contribution is 6.42. The molecule has 0 spiro atoms. The molecule has 1 heterocycles. The van der Waals surface area contributed by atoms with Gasteiger partial charge in [0.05, 0.1) is 35.1 Å². The van der Waals surface area contributed by atoms with Gasteiger partial charge in [-0.15, -0.1) is 0 Å². The van der Waals surface area contributed by atoms with Crippen LogP contribution < -0.4 is 10.5 Å². The summed E-state index contributed by atoms with van der Waals surface area (Å²) in [7, 11) is 1.63. The molecule has 0 bridgehead atoms. The van der Waals surface area contributed by atoms with Crippen molar-refractivity contribution in [2.24, 2.45) is 5.73 Å². The van der Waals surface area contributed by atoms with E-state index < -0.39 is 0 Å². The zero-order chi connectivity index (χ0) is 15.4. The lowest BCUT2D eigenvalue weighted by Gasteiger charge is -2.16. The topological polar surface area (TPSA) is 53.1 Å². The standard InChI is InChI=1S/C15H19Cl2N3O/c1-3-6-20-15(14(21-2)9-19-20)13(18)8-10-4-5-11(16)12(17)7-10/h4-5,7,9,13H,3,6,8,18H2,1-2H3. The molecule has 1 aromatic carbocycles. The fourth-order valence-electron chi connectivity index (χ4n) is 2.32. The Kier molecular flexibility index (Phi) is 5.51. The first-order valence-corrected chi connectivity index (χ1v) is 7.61. The van der Waals surface area contributed by atoms with Crippen molar-refractivity contribution in [2.45, 2.75) is 32.4 Å². The van der Waals surface area contributed by atoms with Crippen LogP contribution in [0.3, 0.4) is 0 Å². The minimum atomic E-state index is -0.216. The first-order chi connectivity index (χ1) is 10.1. The van der Waals surface area contributed by atoms with Crippen LogP contribution in [0, 0.1) is 0 Å². The molecule has 0 radical (unpaired) electrons. The highest BCUT2D eigenvalue weighted by Gasteiger charge is 2.19. The predicted molar refractivity (Wildman–Crippen MR) is 86.2 cm³/mol. The number of rotatable bonds is 6. The second-order valence-corrected chi connectivity index (χ2v) is 5.69. The summed E-state index contributed by atoms with van der Waals surface area (Å²) in [5, 5.41) is 5.42. The third kappa shape index (κ3) is 3.70. The van der Waals surface area contributed by atoms with Gasteiger partial charge in [-0.2, -0.15) is 5.10 Å². The van der Waals surface area contributed by atoms with Gasteiger partial charge in [0.25, 0.3) is 0 Å². The van der Waals surface area contributed by atoms with Crippen LogP contribution in [-0.4, -0.2) is 16.9 Å². The molecule has 0 aliphatic carbocycles. The molecule has 0 aliphatic rings. The Morgan fingerprint density at radius 1 is 1.33 bits per heavy atom. The summed E-state index contributed by atoms with van der Waals surface area (Å²) in [5.41, 5.74) is 8.29. The van der Waals surface area contributed by atoms with Gasteiger partial charge in [0.1, 0.15) is 0 Å². The van der Waals surface area contributed by atoms with E-state index in [4.69, 9.17) is 33.7 Å². The minimum absolute atomic E-state index is 0.216. The van der Waals surface area contributed by atoms with Gasteiger partial charge in [0.15, 0.2) is 5.75 Å². The van der Waals surface area contributed by atoms with Gasteiger partial charge in [0.2, 0.25) is 0 Å². The molecular formula is C15H19Cl2N3O. The van der Waals surface area contributed by atoms with E-state index in [-0.39, 0.29) is 6.04 Å². The number of halogens is 2. The second-order valence-electron chi connectivity index (χ2n) is 4.88. The van der Waals surface area contributed by atoms with Crippen molar-refractivity contribution in [3.8, 4) is 5.75 Å². The van der Waals surface area contributed by atoms with Crippen molar-refractivity contribution in [2.75, 3.05) is 7.11 Å². The van der Waals surface area contributed by atoms with Crippen LogP contribution in [0.1, 0.15) is 30.6 Å². The van der Waals surface area contributed by atoms with Crippen LogP contribution in [-0.2, 0) is 13.0 Å². The summed E-state index contributed by atoms with van der Waals surface area (Å²) in [6.07, 6.45) is 3.33. The van der Waals surface area contributed by atoms with Crippen molar-refractivity contribution in [1.82, 2.24) is 9.78 Å². The van der Waals surface area contributed by atoms with Crippen LogP contribution in [0.25, 0.3) is 0 Å². The maximum atomic E-state index is 6.35. The van der Waals surface area contributed by atoms with Gasteiger partial charge in [0, 0.05) is 6.54 Å². The number of hydrogen-bond donors (Lipinski definition) is 1. The Hall–Kier alpha value is -1.23. The zero-order valence-corrected chi connectivity index (χ0v) is 13.7. The van der Waals surface area contributed by atoms with E-state index in [1.54, 1.807) is 19.4 Å². The molecule has 1 aromatic heterocycles. The van der Waals surface area contributed by atoms with Crippen LogP contribution in [0.5, 0.6) is 5.75 Å². The van der Waals surface area contributed by atoms with Crippen molar-refractivity contribution < 1.29 is 4.74 Å². The average Bonchev–Trinajstić information content (AvgIpc) is 2.86. The molecule has 21 heavy (non-hydrogen) atoms. The van der Waals surface area contributed by atoms with Crippen molar-refractivity contribution in [3.63, 3.8) is 0 Å². The lowest BCUT2D eigenvalue weighted by molar-refractivity contribution is 0.400. The molecule has 0 amide bonds. The molecule has 2 N–H and O–H groups in total. The fourth-order valence-corrected chi connectivity index (χ4v) is 2.64. The van der Waals surface area contributed by atoms with E-state index in [1.807, 2.05) is 16.8 Å². The number of ether oxygens (including phenoxy) is 1. The second kappa shape index (κ2) is 7.16. The highest BCUT2D eigenvalue weighted by Crippen LogP contribution is 2.28. The monoisotopic (exact) mass is 327 g/mol. The molecule has 6 heteroatoms. The number of nitrogens with two attached hydrogens (primary N) is 1. The number of aryl methyl sites for hydroxylation is 1. The Morgan fingerprint density at radius 2 is 2.10 bits per heavy atom. The van der Waals surface area contributed by atoms with Gasteiger partial charge >= 0.3 is 0 Å². The molecule has 0 fully saturated rings. The molecule has 0 saturated carbocycles. The van der Waals surface area contributed by atoms with Gasteiger partial charge in [-0.3, -0.25) is 4.68 Å². The van der Waals surface area contributed by atoms with E-state index in [0.717, 1.165) is 30.0 Å². The lowest BCUT2D eigenvalue weighted by Crippen LogP contribution is -2.19. The van der Waals surface area contributed by atoms with E-state index in [1.165, 1.54) is 0 Å². The number of benzene rings is 1. The van der Waals surface area contributed by atoms with E-state index in [9.17, 15) is 0 Å². The largest absolute Gasteiger partial charge is 0.493 e. The van der Waals surface area contributed by atoms with Crippen LogP contribution in [0.4, 0.5) is 0 Å². The minimum Gasteiger partial charge on any atom is -0.493 e. The lowest BCUT2D eigenvalue weighted by atomic mass is 10.0. The number of aromatic nitrogens is 2. The molecule has 0 aliphatic heterocycles. The van der Waals surface area contributed by atoms with Crippen LogP contribution in [0.15, 0.2) is 24.4 Å². The summed E-state index contributed by atoms with van der Waals surface area (Å²) < 4.78 is 7.27. The van der Waals surface area contributed by atoms with E-state index in [2.05, 4.69) is 12.0 Å². The summed E-state index contributed by atoms with van der Waals surface area (Å²) >= 11 is 12.0.